The standard InChI is InChI=1S/C34H47ClN2O3/c1-4-5-6-7-8-9-10-11-12-13-14-15-16-17-18-19-20-21-22-23-32(38)36-28-29-37-33(39)34(2,3)40-31-26-24-30(35)25-27-31/h5-6,8-9,11-12,14-15,17-18,20-21,24-27H,4,7,10,13,16,19,22-23,28-29H2,1-3H3,(H,36,38)(H,37,39). The first-order valence-electron chi connectivity index (χ1n) is 14.2. The Morgan fingerprint density at radius 3 is 1.68 bits per heavy atom. The van der Waals surface area contributed by atoms with E-state index in [0.717, 1.165) is 38.5 Å². The second-order valence-electron chi connectivity index (χ2n) is 9.63. The smallest absolute Gasteiger partial charge is 0.263 e. The molecule has 0 aliphatic rings. The van der Waals surface area contributed by atoms with Gasteiger partial charge >= 0.3 is 0 Å². The summed E-state index contributed by atoms with van der Waals surface area (Å²) >= 11 is 5.88. The third-order valence-corrected chi connectivity index (χ3v) is 5.85. The maximum Gasteiger partial charge on any atom is 0.263 e. The molecular formula is C34H47ClN2O3. The van der Waals surface area contributed by atoms with Crippen molar-refractivity contribution < 1.29 is 14.3 Å². The highest BCUT2D eigenvalue weighted by atomic mass is 35.5. The van der Waals surface area contributed by atoms with Gasteiger partial charge in [-0.1, -0.05) is 91.4 Å². The van der Waals surface area contributed by atoms with E-state index in [1.54, 1.807) is 38.1 Å². The molecule has 0 atom stereocenters. The fourth-order valence-electron chi connectivity index (χ4n) is 3.38. The summed E-state index contributed by atoms with van der Waals surface area (Å²) in [6.07, 6.45) is 32.9. The quantitative estimate of drug-likeness (QED) is 0.123. The second-order valence-corrected chi connectivity index (χ2v) is 10.1. The highest BCUT2D eigenvalue weighted by molar-refractivity contribution is 6.30. The fourth-order valence-corrected chi connectivity index (χ4v) is 3.50. The van der Waals surface area contributed by atoms with E-state index in [4.69, 9.17) is 16.3 Å². The van der Waals surface area contributed by atoms with Gasteiger partial charge in [-0.05, 0) is 83.1 Å². The molecule has 2 amide bonds. The number of carbonyl (C=O) groups excluding carboxylic acids is 2. The first-order chi connectivity index (χ1) is 19.3. The largest absolute Gasteiger partial charge is 0.478 e. The zero-order chi connectivity index (χ0) is 29.3. The summed E-state index contributed by atoms with van der Waals surface area (Å²) in [4.78, 5) is 24.5. The molecule has 0 saturated heterocycles. The van der Waals surface area contributed by atoms with Crippen LogP contribution in [0.1, 0.15) is 72.1 Å². The Morgan fingerprint density at radius 1 is 0.725 bits per heavy atom. The molecule has 1 aromatic carbocycles. The molecule has 1 aromatic rings. The minimum atomic E-state index is -1.05. The van der Waals surface area contributed by atoms with E-state index in [2.05, 4.69) is 84.4 Å². The predicted octanol–water partition coefficient (Wildman–Crippen LogP) is 8.21. The minimum Gasteiger partial charge on any atom is -0.478 e. The van der Waals surface area contributed by atoms with E-state index < -0.39 is 5.60 Å². The van der Waals surface area contributed by atoms with Crippen LogP contribution in [-0.4, -0.2) is 30.5 Å². The van der Waals surface area contributed by atoms with Gasteiger partial charge in [0, 0.05) is 24.5 Å². The van der Waals surface area contributed by atoms with Crippen LogP contribution in [0.25, 0.3) is 0 Å². The third-order valence-electron chi connectivity index (χ3n) is 5.60. The van der Waals surface area contributed by atoms with Crippen LogP contribution >= 0.6 is 11.6 Å². The molecule has 218 valence electrons. The van der Waals surface area contributed by atoms with Gasteiger partial charge < -0.3 is 15.4 Å². The number of ether oxygens (including phenoxy) is 1. The lowest BCUT2D eigenvalue weighted by molar-refractivity contribution is -0.134. The Bertz CT molecular complexity index is 1020. The number of nitrogens with one attached hydrogen (secondary N) is 2. The van der Waals surface area contributed by atoms with Crippen molar-refractivity contribution in [2.75, 3.05) is 13.1 Å². The van der Waals surface area contributed by atoms with Crippen LogP contribution in [0.5, 0.6) is 5.75 Å². The van der Waals surface area contributed by atoms with E-state index in [1.165, 1.54) is 0 Å². The molecule has 1 rings (SSSR count). The van der Waals surface area contributed by atoms with E-state index in [0.29, 0.717) is 36.7 Å². The Kier molecular flexibility index (Phi) is 19.5. The summed E-state index contributed by atoms with van der Waals surface area (Å²) in [6, 6.07) is 6.85. The molecule has 0 bridgehead atoms. The monoisotopic (exact) mass is 566 g/mol. The molecule has 6 heteroatoms. The predicted molar refractivity (Wildman–Crippen MR) is 170 cm³/mol. The van der Waals surface area contributed by atoms with Gasteiger partial charge in [0.05, 0.1) is 0 Å². The molecule has 0 unspecified atom stereocenters. The molecule has 0 saturated carbocycles. The van der Waals surface area contributed by atoms with Crippen molar-refractivity contribution in [2.45, 2.75) is 77.7 Å². The van der Waals surface area contributed by atoms with Crippen molar-refractivity contribution in [3.63, 3.8) is 0 Å². The number of rotatable bonds is 20. The summed E-state index contributed by atoms with van der Waals surface area (Å²) in [6.45, 7) is 6.24. The number of benzene rings is 1. The Morgan fingerprint density at radius 2 is 1.18 bits per heavy atom. The number of allylic oxidation sites excluding steroid dienone is 12. The number of amides is 2. The summed E-state index contributed by atoms with van der Waals surface area (Å²) < 4.78 is 5.77. The zero-order valence-electron chi connectivity index (χ0n) is 24.4. The minimum absolute atomic E-state index is 0.0366. The lowest BCUT2D eigenvalue weighted by atomic mass is 10.1. The van der Waals surface area contributed by atoms with E-state index in [-0.39, 0.29) is 11.8 Å². The first-order valence-corrected chi connectivity index (χ1v) is 14.6. The van der Waals surface area contributed by atoms with Crippen LogP contribution in [0.15, 0.2) is 97.2 Å². The Labute approximate surface area is 246 Å². The van der Waals surface area contributed by atoms with Gasteiger partial charge in [0.1, 0.15) is 5.75 Å². The zero-order valence-corrected chi connectivity index (χ0v) is 25.2. The molecule has 2 N–H and O–H groups in total. The second kappa shape index (κ2) is 22.5. The highest BCUT2D eigenvalue weighted by Crippen LogP contribution is 2.20. The van der Waals surface area contributed by atoms with Crippen LogP contribution in [0.4, 0.5) is 0 Å². The molecule has 0 radical (unpaired) electrons. The summed E-state index contributed by atoms with van der Waals surface area (Å²) in [5.74, 6) is 0.271. The molecule has 0 spiro atoms. The van der Waals surface area contributed by atoms with Gasteiger partial charge in [0.15, 0.2) is 5.60 Å². The highest BCUT2D eigenvalue weighted by Gasteiger charge is 2.29. The van der Waals surface area contributed by atoms with Crippen molar-refractivity contribution >= 4 is 23.4 Å². The summed E-state index contributed by atoms with van der Waals surface area (Å²) in [5.41, 5.74) is -1.05. The first kappa shape index (κ1) is 34.7. The van der Waals surface area contributed by atoms with E-state index in [9.17, 15) is 9.59 Å². The normalized spacial score (nSPS) is 12.6. The topological polar surface area (TPSA) is 67.4 Å². The van der Waals surface area contributed by atoms with Gasteiger partial charge in [-0.15, -0.1) is 0 Å². The van der Waals surface area contributed by atoms with Gasteiger partial charge in [-0.25, -0.2) is 0 Å². The molecule has 0 heterocycles. The summed E-state index contributed by atoms with van der Waals surface area (Å²) in [7, 11) is 0. The lowest BCUT2D eigenvalue weighted by Gasteiger charge is -2.25. The molecular weight excluding hydrogens is 520 g/mol. The van der Waals surface area contributed by atoms with E-state index in [1.807, 2.05) is 6.08 Å². The fraction of sp³-hybridized carbons (Fsp3) is 0.412. The maximum atomic E-state index is 12.4. The number of carbonyl (C=O) groups is 2. The van der Waals surface area contributed by atoms with Crippen LogP contribution in [0, 0.1) is 0 Å². The van der Waals surface area contributed by atoms with Crippen molar-refractivity contribution in [1.82, 2.24) is 10.6 Å². The van der Waals surface area contributed by atoms with Crippen molar-refractivity contribution in [3.8, 4) is 5.75 Å². The van der Waals surface area contributed by atoms with Crippen LogP contribution < -0.4 is 15.4 Å². The molecule has 0 aromatic heterocycles. The van der Waals surface area contributed by atoms with Crippen LogP contribution in [0.3, 0.4) is 0 Å². The van der Waals surface area contributed by atoms with Gasteiger partial charge in [0.25, 0.3) is 5.91 Å². The SMILES string of the molecule is CCC=CCC=CCC=CCC=CCC=CCC=CCCC(=O)NCCNC(=O)C(C)(C)Oc1ccc(Cl)cc1. The molecule has 5 nitrogen and oxygen atoms in total. The summed E-state index contributed by atoms with van der Waals surface area (Å²) in [5, 5.41) is 6.23. The van der Waals surface area contributed by atoms with Gasteiger partial charge in [-0.2, -0.15) is 0 Å². The van der Waals surface area contributed by atoms with Crippen molar-refractivity contribution in [3.05, 3.63) is 102 Å². The number of halogens is 1. The van der Waals surface area contributed by atoms with E-state index >= 15 is 0 Å². The lowest BCUT2D eigenvalue weighted by Crippen LogP contribution is -2.48. The Hall–Kier alpha value is -3.31. The molecule has 0 aliphatic heterocycles. The van der Waals surface area contributed by atoms with Crippen molar-refractivity contribution in [2.24, 2.45) is 0 Å². The average Bonchev–Trinajstić information content (AvgIpc) is 2.93. The van der Waals surface area contributed by atoms with Crippen LogP contribution in [-0.2, 0) is 9.59 Å². The maximum absolute atomic E-state index is 12.4. The number of hydrogen-bond donors (Lipinski definition) is 2. The van der Waals surface area contributed by atoms with Crippen molar-refractivity contribution in [1.29, 1.82) is 0 Å². The van der Waals surface area contributed by atoms with Gasteiger partial charge in [-0.3, -0.25) is 9.59 Å². The molecule has 0 fully saturated rings. The van der Waals surface area contributed by atoms with Crippen LogP contribution in [0.2, 0.25) is 5.02 Å². The van der Waals surface area contributed by atoms with Gasteiger partial charge in [0.2, 0.25) is 5.91 Å². The third kappa shape index (κ3) is 18.9. The average molecular weight is 567 g/mol. The number of hydrogen-bond acceptors (Lipinski definition) is 3. The Balaban J connectivity index is 2.05. The molecule has 0 aliphatic carbocycles. The molecule has 40 heavy (non-hydrogen) atoms.